The number of amides is 2. The van der Waals surface area contributed by atoms with E-state index in [4.69, 9.17) is 4.74 Å². The van der Waals surface area contributed by atoms with E-state index in [2.05, 4.69) is 20.6 Å². The SMILES string of the molecule is CCOc1ccc(NC(=O)Nc2ccc(-n3ccnc3C)nc2)cc1. The number of hydrogen-bond donors (Lipinski definition) is 2. The molecule has 2 aromatic heterocycles. The lowest BCUT2D eigenvalue weighted by Crippen LogP contribution is -2.19. The molecule has 2 heterocycles. The number of pyridine rings is 1. The predicted molar refractivity (Wildman–Crippen MR) is 96.3 cm³/mol. The van der Waals surface area contributed by atoms with Crippen LogP contribution in [0, 0.1) is 6.92 Å². The van der Waals surface area contributed by atoms with Crippen LogP contribution in [-0.2, 0) is 0 Å². The molecule has 0 radical (unpaired) electrons. The van der Waals surface area contributed by atoms with Crippen LogP contribution < -0.4 is 15.4 Å². The molecule has 7 nitrogen and oxygen atoms in total. The van der Waals surface area contributed by atoms with Gasteiger partial charge in [0.05, 0.1) is 18.5 Å². The number of aromatic nitrogens is 3. The summed E-state index contributed by atoms with van der Waals surface area (Å²) in [5.41, 5.74) is 1.28. The average Bonchev–Trinajstić information content (AvgIpc) is 3.03. The molecule has 25 heavy (non-hydrogen) atoms. The fraction of sp³-hybridized carbons (Fsp3) is 0.167. The number of carbonyl (C=O) groups excluding carboxylic acids is 1. The van der Waals surface area contributed by atoms with E-state index < -0.39 is 0 Å². The van der Waals surface area contributed by atoms with E-state index in [9.17, 15) is 4.79 Å². The van der Waals surface area contributed by atoms with Gasteiger partial charge in [-0.25, -0.2) is 14.8 Å². The Morgan fingerprint density at radius 1 is 1.08 bits per heavy atom. The van der Waals surface area contributed by atoms with Crippen LogP contribution in [0.3, 0.4) is 0 Å². The average molecular weight is 337 g/mol. The number of nitrogens with zero attached hydrogens (tertiary/aromatic N) is 3. The minimum Gasteiger partial charge on any atom is -0.494 e. The fourth-order valence-corrected chi connectivity index (χ4v) is 2.32. The molecule has 1 aromatic carbocycles. The summed E-state index contributed by atoms with van der Waals surface area (Å²) in [6, 6.07) is 10.5. The second-order valence-corrected chi connectivity index (χ2v) is 5.29. The van der Waals surface area contributed by atoms with Crippen molar-refractivity contribution in [2.45, 2.75) is 13.8 Å². The third kappa shape index (κ3) is 4.14. The number of ether oxygens (including phenoxy) is 1. The van der Waals surface area contributed by atoms with Gasteiger partial charge in [0.2, 0.25) is 0 Å². The molecule has 0 bridgehead atoms. The first-order valence-corrected chi connectivity index (χ1v) is 7.93. The Labute approximate surface area is 145 Å². The summed E-state index contributed by atoms with van der Waals surface area (Å²) in [4.78, 5) is 20.6. The molecular weight excluding hydrogens is 318 g/mol. The van der Waals surface area contributed by atoms with Crippen LogP contribution >= 0.6 is 0 Å². The molecule has 0 unspecified atom stereocenters. The zero-order chi connectivity index (χ0) is 17.6. The van der Waals surface area contributed by atoms with Gasteiger partial charge in [-0.2, -0.15) is 0 Å². The van der Waals surface area contributed by atoms with Gasteiger partial charge in [0.25, 0.3) is 0 Å². The summed E-state index contributed by atoms with van der Waals surface area (Å²) < 4.78 is 7.23. The summed E-state index contributed by atoms with van der Waals surface area (Å²) in [5, 5.41) is 5.51. The molecule has 0 spiro atoms. The maximum atomic E-state index is 12.1. The molecule has 3 aromatic rings. The second-order valence-electron chi connectivity index (χ2n) is 5.29. The Bertz CT molecular complexity index is 841. The Morgan fingerprint density at radius 3 is 2.40 bits per heavy atom. The van der Waals surface area contributed by atoms with E-state index in [-0.39, 0.29) is 6.03 Å². The first-order chi connectivity index (χ1) is 12.2. The first kappa shape index (κ1) is 16.5. The summed E-state index contributed by atoms with van der Waals surface area (Å²) in [6.45, 7) is 4.43. The third-order valence-electron chi connectivity index (χ3n) is 3.50. The normalized spacial score (nSPS) is 10.3. The molecule has 0 saturated carbocycles. The van der Waals surface area contributed by atoms with E-state index in [1.807, 2.05) is 42.8 Å². The molecule has 7 heteroatoms. The molecule has 0 aliphatic heterocycles. The van der Waals surface area contributed by atoms with Crippen molar-refractivity contribution >= 4 is 17.4 Å². The molecule has 0 saturated heterocycles. The van der Waals surface area contributed by atoms with E-state index in [1.165, 1.54) is 0 Å². The summed E-state index contributed by atoms with van der Waals surface area (Å²) in [6.07, 6.45) is 5.16. The number of nitrogens with one attached hydrogen (secondary N) is 2. The van der Waals surface area contributed by atoms with Gasteiger partial charge in [0.15, 0.2) is 0 Å². The van der Waals surface area contributed by atoms with Crippen LogP contribution in [0.15, 0.2) is 55.0 Å². The third-order valence-corrected chi connectivity index (χ3v) is 3.50. The molecule has 0 atom stereocenters. The lowest BCUT2D eigenvalue weighted by molar-refractivity contribution is 0.262. The molecule has 2 amide bonds. The van der Waals surface area contributed by atoms with E-state index in [0.717, 1.165) is 17.4 Å². The number of rotatable bonds is 5. The van der Waals surface area contributed by atoms with Crippen molar-refractivity contribution < 1.29 is 9.53 Å². The predicted octanol–water partition coefficient (Wildman–Crippen LogP) is 3.62. The quantitative estimate of drug-likeness (QED) is 0.745. The van der Waals surface area contributed by atoms with Gasteiger partial charge in [-0.05, 0) is 50.2 Å². The highest BCUT2D eigenvalue weighted by atomic mass is 16.5. The number of imidazole rings is 1. The van der Waals surface area contributed by atoms with Crippen molar-refractivity contribution in [3.8, 4) is 11.6 Å². The largest absolute Gasteiger partial charge is 0.494 e. The highest BCUT2D eigenvalue weighted by Gasteiger charge is 2.05. The van der Waals surface area contributed by atoms with Crippen molar-refractivity contribution in [3.05, 3.63) is 60.8 Å². The summed E-state index contributed by atoms with van der Waals surface area (Å²) in [7, 11) is 0. The molecule has 0 aliphatic carbocycles. The van der Waals surface area contributed by atoms with Gasteiger partial charge in [-0.3, -0.25) is 4.57 Å². The molecular formula is C18H19N5O2. The topological polar surface area (TPSA) is 81.1 Å². The van der Waals surface area contributed by atoms with Crippen LogP contribution in [0.5, 0.6) is 5.75 Å². The van der Waals surface area contributed by atoms with Gasteiger partial charge in [-0.15, -0.1) is 0 Å². The van der Waals surface area contributed by atoms with E-state index in [1.54, 1.807) is 30.6 Å². The number of hydrogen-bond acceptors (Lipinski definition) is 4. The minimum atomic E-state index is -0.336. The Morgan fingerprint density at radius 2 is 1.80 bits per heavy atom. The highest BCUT2D eigenvalue weighted by Crippen LogP contribution is 2.16. The lowest BCUT2D eigenvalue weighted by Gasteiger charge is -2.09. The monoisotopic (exact) mass is 337 g/mol. The van der Waals surface area contributed by atoms with Gasteiger partial charge < -0.3 is 15.4 Å². The van der Waals surface area contributed by atoms with Crippen molar-refractivity contribution in [3.63, 3.8) is 0 Å². The van der Waals surface area contributed by atoms with Crippen molar-refractivity contribution in [2.75, 3.05) is 17.2 Å². The smallest absolute Gasteiger partial charge is 0.323 e. The lowest BCUT2D eigenvalue weighted by atomic mass is 10.3. The molecule has 128 valence electrons. The molecule has 3 rings (SSSR count). The van der Waals surface area contributed by atoms with Crippen molar-refractivity contribution in [1.82, 2.24) is 14.5 Å². The van der Waals surface area contributed by atoms with E-state index >= 15 is 0 Å². The van der Waals surface area contributed by atoms with Crippen LogP contribution in [0.2, 0.25) is 0 Å². The number of carbonyl (C=O) groups is 1. The number of benzene rings is 1. The summed E-state index contributed by atoms with van der Waals surface area (Å²) in [5.74, 6) is 2.36. The maximum Gasteiger partial charge on any atom is 0.323 e. The van der Waals surface area contributed by atoms with Gasteiger partial charge in [0, 0.05) is 18.1 Å². The van der Waals surface area contributed by atoms with Gasteiger partial charge in [-0.1, -0.05) is 0 Å². The Hall–Kier alpha value is -3.35. The van der Waals surface area contributed by atoms with Crippen LogP contribution in [0.1, 0.15) is 12.7 Å². The zero-order valence-electron chi connectivity index (χ0n) is 14.1. The standard InChI is InChI=1S/C18H19N5O2/c1-3-25-16-7-4-14(5-8-16)21-18(24)22-15-6-9-17(20-12-15)23-11-10-19-13(23)2/h4-12H,3H2,1-2H3,(H2,21,22,24). The number of anilines is 2. The van der Waals surface area contributed by atoms with Crippen molar-refractivity contribution in [2.24, 2.45) is 0 Å². The van der Waals surface area contributed by atoms with Crippen LogP contribution in [0.4, 0.5) is 16.2 Å². The van der Waals surface area contributed by atoms with E-state index in [0.29, 0.717) is 18.0 Å². The van der Waals surface area contributed by atoms with Gasteiger partial charge >= 0.3 is 6.03 Å². The highest BCUT2D eigenvalue weighted by molar-refractivity contribution is 5.99. The molecule has 0 fully saturated rings. The van der Waals surface area contributed by atoms with Gasteiger partial charge in [0.1, 0.15) is 17.4 Å². The van der Waals surface area contributed by atoms with Crippen molar-refractivity contribution in [1.29, 1.82) is 0 Å². The number of urea groups is 1. The molecule has 2 N–H and O–H groups in total. The van der Waals surface area contributed by atoms with Crippen LogP contribution in [0.25, 0.3) is 5.82 Å². The first-order valence-electron chi connectivity index (χ1n) is 7.93. The molecule has 0 aliphatic rings. The Balaban J connectivity index is 1.60. The fourth-order valence-electron chi connectivity index (χ4n) is 2.32. The maximum absolute atomic E-state index is 12.1. The number of aryl methyl sites for hydroxylation is 1. The minimum absolute atomic E-state index is 0.336. The second kappa shape index (κ2) is 7.48. The summed E-state index contributed by atoms with van der Waals surface area (Å²) >= 11 is 0. The Kier molecular flexibility index (Phi) is 4.94. The zero-order valence-corrected chi connectivity index (χ0v) is 14.1. The van der Waals surface area contributed by atoms with Crippen LogP contribution in [-0.4, -0.2) is 27.2 Å².